The Bertz CT molecular complexity index is 3270. The summed E-state index contributed by atoms with van der Waals surface area (Å²) in [5.74, 6) is 1.84. The van der Waals surface area contributed by atoms with Crippen molar-refractivity contribution in [3.05, 3.63) is 175 Å². The van der Waals surface area contributed by atoms with Crippen LogP contribution in [0.2, 0.25) is 0 Å². The lowest BCUT2D eigenvalue weighted by Gasteiger charge is -2.42. The van der Waals surface area contributed by atoms with Gasteiger partial charge in [-0.15, -0.1) is 0 Å². The van der Waals surface area contributed by atoms with Crippen molar-refractivity contribution < 1.29 is 4.42 Å². The van der Waals surface area contributed by atoms with E-state index in [0.29, 0.717) is 17.5 Å². The van der Waals surface area contributed by atoms with E-state index < -0.39 is 0 Å². The van der Waals surface area contributed by atoms with Crippen LogP contribution in [0, 0.1) is 0 Å². The van der Waals surface area contributed by atoms with Crippen molar-refractivity contribution in [2.24, 2.45) is 0 Å². The first-order chi connectivity index (χ1) is 28.7. The smallest absolute Gasteiger partial charge is 0.164 e. The Hall–Kier alpha value is -6.91. The summed E-state index contributed by atoms with van der Waals surface area (Å²) < 4.78 is 6.67. The van der Waals surface area contributed by atoms with Crippen molar-refractivity contribution in [2.45, 2.75) is 51.4 Å². The maximum Gasteiger partial charge on any atom is 0.164 e. The third-order valence-electron chi connectivity index (χ3n) is 12.8. The van der Waals surface area contributed by atoms with Gasteiger partial charge in [0.05, 0.1) is 0 Å². The maximum absolute atomic E-state index is 6.67. The SMILES string of the molecule is CC1(C)CCC(C)(C)c2cc(-c3cc(-c4nc(-c5ccc(-c6ccccc6)cc5)nc(-c5ccc6ccc7ccccc7c6c5)n4)c4c(c3)oc3ccccc34)ccc21. The zero-order valence-corrected chi connectivity index (χ0v) is 33.8. The van der Waals surface area contributed by atoms with Crippen LogP contribution in [0.25, 0.3) is 99.9 Å². The Balaban J connectivity index is 1.15. The molecule has 0 radical (unpaired) electrons. The molecule has 4 nitrogen and oxygen atoms in total. The van der Waals surface area contributed by atoms with E-state index in [1.54, 1.807) is 0 Å². The Morgan fingerprint density at radius 3 is 1.76 bits per heavy atom. The van der Waals surface area contributed by atoms with Crippen LogP contribution in [0.15, 0.2) is 168 Å². The van der Waals surface area contributed by atoms with E-state index in [4.69, 9.17) is 19.4 Å². The Labute approximate surface area is 344 Å². The minimum atomic E-state index is 0.0758. The van der Waals surface area contributed by atoms with E-state index in [9.17, 15) is 0 Å². The van der Waals surface area contributed by atoms with E-state index in [1.807, 2.05) is 18.2 Å². The third kappa shape index (κ3) is 6.01. The molecule has 1 aliphatic carbocycles. The molecule has 59 heavy (non-hydrogen) atoms. The summed E-state index contributed by atoms with van der Waals surface area (Å²) in [5, 5.41) is 6.78. The van der Waals surface area contributed by atoms with Crippen LogP contribution in [-0.2, 0) is 10.8 Å². The van der Waals surface area contributed by atoms with Gasteiger partial charge in [-0.1, -0.05) is 167 Å². The van der Waals surface area contributed by atoms with Crippen LogP contribution in [0.5, 0.6) is 0 Å². The second-order valence-corrected chi connectivity index (χ2v) is 17.5. The van der Waals surface area contributed by atoms with Crippen molar-refractivity contribution >= 4 is 43.5 Å². The van der Waals surface area contributed by atoms with E-state index in [-0.39, 0.29) is 10.8 Å². The highest BCUT2D eigenvalue weighted by molar-refractivity contribution is 6.13. The van der Waals surface area contributed by atoms with Crippen molar-refractivity contribution in [3.63, 3.8) is 0 Å². The highest BCUT2D eigenvalue weighted by Crippen LogP contribution is 2.48. The van der Waals surface area contributed by atoms with E-state index in [0.717, 1.165) is 61.7 Å². The topological polar surface area (TPSA) is 51.8 Å². The first kappa shape index (κ1) is 35.3. The molecule has 8 aromatic carbocycles. The largest absolute Gasteiger partial charge is 0.456 e. The van der Waals surface area contributed by atoms with Crippen LogP contribution in [0.3, 0.4) is 0 Å². The average Bonchev–Trinajstić information content (AvgIpc) is 3.66. The van der Waals surface area contributed by atoms with Gasteiger partial charge in [0, 0.05) is 27.5 Å². The highest BCUT2D eigenvalue weighted by atomic mass is 16.3. The average molecular weight is 762 g/mol. The molecular weight excluding hydrogens is 719 g/mol. The molecule has 0 aliphatic heterocycles. The number of hydrogen-bond donors (Lipinski definition) is 0. The molecular formula is C55H43N3O. The third-order valence-corrected chi connectivity index (χ3v) is 12.8. The van der Waals surface area contributed by atoms with Crippen molar-refractivity contribution in [2.75, 3.05) is 0 Å². The molecule has 0 fully saturated rings. The lowest BCUT2D eigenvalue weighted by atomic mass is 9.63. The van der Waals surface area contributed by atoms with Gasteiger partial charge >= 0.3 is 0 Å². The van der Waals surface area contributed by atoms with Crippen LogP contribution < -0.4 is 0 Å². The predicted octanol–water partition coefficient (Wildman–Crippen LogP) is 14.8. The van der Waals surface area contributed by atoms with Gasteiger partial charge in [0.2, 0.25) is 0 Å². The minimum absolute atomic E-state index is 0.0758. The molecule has 0 spiro atoms. The zero-order valence-electron chi connectivity index (χ0n) is 33.8. The number of para-hydroxylation sites is 1. The van der Waals surface area contributed by atoms with Gasteiger partial charge in [-0.25, -0.2) is 15.0 Å². The van der Waals surface area contributed by atoms with Crippen molar-refractivity contribution in [3.8, 4) is 56.4 Å². The number of benzene rings is 8. The number of furan rings is 1. The fourth-order valence-electron chi connectivity index (χ4n) is 9.30. The molecule has 0 amide bonds. The lowest BCUT2D eigenvalue weighted by molar-refractivity contribution is 0.332. The standard InChI is InChI=1S/C55H43N3O/c1-54(2)28-29-55(3,4)47-32-39(26-27-46(47)54)41-31-45(50-43-16-10-11-17-48(43)59-49(50)33-41)53-57-51(38-23-18-35(19-24-38)34-12-6-5-7-13-34)56-52(58-53)40-25-22-37-21-20-36-14-8-9-15-42(36)44(37)30-40/h5-27,30-33H,28-29H2,1-4H3. The van der Waals surface area contributed by atoms with Gasteiger partial charge in [-0.05, 0) is 103 Å². The van der Waals surface area contributed by atoms with Crippen molar-refractivity contribution in [1.82, 2.24) is 15.0 Å². The van der Waals surface area contributed by atoms with E-state index >= 15 is 0 Å². The predicted molar refractivity (Wildman–Crippen MR) is 245 cm³/mol. The summed E-state index contributed by atoms with van der Waals surface area (Å²) >= 11 is 0. The number of aromatic nitrogens is 3. The van der Waals surface area contributed by atoms with Crippen LogP contribution in [0.1, 0.15) is 51.7 Å². The van der Waals surface area contributed by atoms with Gasteiger partial charge in [0.25, 0.3) is 0 Å². The first-order valence-electron chi connectivity index (χ1n) is 20.6. The van der Waals surface area contributed by atoms with Gasteiger partial charge < -0.3 is 4.42 Å². The Morgan fingerprint density at radius 2 is 0.966 bits per heavy atom. The molecule has 4 heteroatoms. The summed E-state index contributed by atoms with van der Waals surface area (Å²) in [6.45, 7) is 9.52. The molecule has 2 heterocycles. The molecule has 2 aromatic heterocycles. The molecule has 0 unspecified atom stereocenters. The fraction of sp³-hybridized carbons (Fsp3) is 0.145. The minimum Gasteiger partial charge on any atom is -0.456 e. The van der Waals surface area contributed by atoms with Crippen molar-refractivity contribution in [1.29, 1.82) is 0 Å². The lowest BCUT2D eigenvalue weighted by Crippen LogP contribution is -2.33. The van der Waals surface area contributed by atoms with Gasteiger partial charge in [-0.3, -0.25) is 0 Å². The molecule has 0 saturated carbocycles. The van der Waals surface area contributed by atoms with Gasteiger partial charge in [0.15, 0.2) is 17.5 Å². The molecule has 284 valence electrons. The second-order valence-electron chi connectivity index (χ2n) is 17.5. The van der Waals surface area contributed by atoms with Gasteiger partial charge in [0.1, 0.15) is 11.2 Å². The molecule has 11 rings (SSSR count). The van der Waals surface area contributed by atoms with Crippen LogP contribution in [-0.4, -0.2) is 15.0 Å². The summed E-state index contributed by atoms with van der Waals surface area (Å²) in [6, 6.07) is 58.3. The molecule has 0 N–H and O–H groups in total. The first-order valence-corrected chi connectivity index (χ1v) is 20.6. The molecule has 0 atom stereocenters. The summed E-state index contributed by atoms with van der Waals surface area (Å²) in [6.07, 6.45) is 2.32. The normalized spacial score (nSPS) is 14.6. The van der Waals surface area contributed by atoms with Crippen LogP contribution >= 0.6 is 0 Å². The highest BCUT2D eigenvalue weighted by Gasteiger charge is 2.37. The monoisotopic (exact) mass is 761 g/mol. The summed E-state index contributed by atoms with van der Waals surface area (Å²) in [4.78, 5) is 15.9. The van der Waals surface area contributed by atoms with E-state index in [2.05, 4.69) is 173 Å². The molecule has 10 aromatic rings. The van der Waals surface area contributed by atoms with Gasteiger partial charge in [-0.2, -0.15) is 0 Å². The Morgan fingerprint density at radius 1 is 0.390 bits per heavy atom. The zero-order chi connectivity index (χ0) is 39.9. The van der Waals surface area contributed by atoms with Crippen LogP contribution in [0.4, 0.5) is 0 Å². The number of rotatable bonds is 5. The quantitative estimate of drug-likeness (QED) is 0.164. The fourth-order valence-corrected chi connectivity index (χ4v) is 9.30. The molecule has 1 aliphatic rings. The number of hydrogen-bond acceptors (Lipinski definition) is 4. The Kier molecular flexibility index (Phi) is 7.96. The van der Waals surface area contributed by atoms with E-state index in [1.165, 1.54) is 44.7 Å². The number of fused-ring (bicyclic) bond motifs is 7. The molecule has 0 saturated heterocycles. The summed E-state index contributed by atoms with van der Waals surface area (Å²) in [5.41, 5.74) is 12.0. The summed E-state index contributed by atoms with van der Waals surface area (Å²) in [7, 11) is 0. The second kappa shape index (κ2) is 13.3. The number of nitrogens with zero attached hydrogens (tertiary/aromatic N) is 3. The molecule has 0 bridgehead atoms. The maximum atomic E-state index is 6.67.